The molecule has 0 N–H and O–H groups in total. The van der Waals surface area contributed by atoms with Gasteiger partial charge in [-0.05, 0) is 48.1 Å². The van der Waals surface area contributed by atoms with Crippen molar-refractivity contribution in [2.45, 2.75) is 32.3 Å². The van der Waals surface area contributed by atoms with Crippen LogP contribution in [0.2, 0.25) is 0 Å². The van der Waals surface area contributed by atoms with E-state index in [1.807, 2.05) is 35.2 Å². The first-order chi connectivity index (χ1) is 13.3. The van der Waals surface area contributed by atoms with E-state index in [2.05, 4.69) is 18.2 Å². The average Bonchev–Trinajstić information content (AvgIpc) is 2.73. The summed E-state index contributed by atoms with van der Waals surface area (Å²) < 4.78 is 11.4. The fourth-order valence-corrected chi connectivity index (χ4v) is 3.98. The number of fused-ring (bicyclic) bond motifs is 1. The average molecular weight is 365 g/mol. The lowest BCUT2D eigenvalue weighted by Gasteiger charge is -2.33. The number of benzene rings is 2. The highest BCUT2D eigenvalue weighted by molar-refractivity contribution is 5.79. The second kappa shape index (κ2) is 8.57. The number of nitrogens with zero attached hydrogens (tertiary/aromatic N) is 1. The predicted octanol–water partition coefficient (Wildman–Crippen LogP) is 3.62. The van der Waals surface area contributed by atoms with Gasteiger partial charge in [0.2, 0.25) is 5.91 Å². The smallest absolute Gasteiger partial charge is 0.227 e. The van der Waals surface area contributed by atoms with Crippen LogP contribution >= 0.6 is 0 Å². The summed E-state index contributed by atoms with van der Waals surface area (Å²) in [6, 6.07) is 16.3. The molecule has 1 fully saturated rings. The largest absolute Gasteiger partial charge is 0.493 e. The van der Waals surface area contributed by atoms with Gasteiger partial charge in [0, 0.05) is 19.0 Å². The molecule has 142 valence electrons. The first-order valence-corrected chi connectivity index (χ1v) is 9.92. The highest BCUT2D eigenvalue weighted by Gasteiger charge is 2.24. The molecule has 1 atom stereocenters. The Hall–Kier alpha value is -2.33. The normalized spacial score (nSPS) is 19.4. The van der Waals surface area contributed by atoms with Crippen LogP contribution in [0.4, 0.5) is 0 Å². The molecule has 1 unspecified atom stereocenters. The number of carbonyl (C=O) groups is 1. The lowest BCUT2D eigenvalue weighted by atomic mass is 9.97. The molecule has 2 aromatic rings. The van der Waals surface area contributed by atoms with Gasteiger partial charge in [-0.25, -0.2) is 0 Å². The van der Waals surface area contributed by atoms with Crippen molar-refractivity contribution in [1.82, 2.24) is 4.90 Å². The highest BCUT2D eigenvalue weighted by atomic mass is 16.5. The van der Waals surface area contributed by atoms with Gasteiger partial charge in [0.25, 0.3) is 0 Å². The molecule has 0 spiro atoms. The van der Waals surface area contributed by atoms with Gasteiger partial charge in [-0.1, -0.05) is 36.4 Å². The topological polar surface area (TPSA) is 38.8 Å². The van der Waals surface area contributed by atoms with Crippen molar-refractivity contribution in [3.63, 3.8) is 0 Å². The van der Waals surface area contributed by atoms with Crippen LogP contribution in [0.25, 0.3) is 0 Å². The van der Waals surface area contributed by atoms with Gasteiger partial charge in [0.15, 0.2) is 0 Å². The molecule has 0 radical (unpaired) electrons. The Labute approximate surface area is 161 Å². The molecule has 2 aliphatic rings. The summed E-state index contributed by atoms with van der Waals surface area (Å²) in [6.07, 6.45) is 3.61. The quantitative estimate of drug-likeness (QED) is 0.812. The number of likely N-dealkylation sites (tertiary alicyclic amines) is 1. The Bertz CT molecular complexity index is 774. The minimum absolute atomic E-state index is 0.219. The summed E-state index contributed by atoms with van der Waals surface area (Å²) in [4.78, 5) is 14.8. The van der Waals surface area contributed by atoms with Gasteiger partial charge in [-0.3, -0.25) is 4.79 Å². The summed E-state index contributed by atoms with van der Waals surface area (Å²) >= 11 is 0. The zero-order valence-corrected chi connectivity index (χ0v) is 15.7. The molecule has 0 saturated carbocycles. The predicted molar refractivity (Wildman–Crippen MR) is 105 cm³/mol. The van der Waals surface area contributed by atoms with E-state index in [1.54, 1.807) is 0 Å². The van der Waals surface area contributed by atoms with Crippen LogP contribution in [-0.4, -0.2) is 37.1 Å². The van der Waals surface area contributed by atoms with Gasteiger partial charge in [-0.15, -0.1) is 0 Å². The third-order valence-electron chi connectivity index (χ3n) is 5.50. The van der Waals surface area contributed by atoms with Crippen molar-refractivity contribution in [1.29, 1.82) is 0 Å². The second-order valence-corrected chi connectivity index (χ2v) is 7.55. The van der Waals surface area contributed by atoms with Gasteiger partial charge in [0.05, 0.1) is 26.2 Å². The third-order valence-corrected chi connectivity index (χ3v) is 5.50. The fraction of sp³-hybridized carbons (Fsp3) is 0.435. The van der Waals surface area contributed by atoms with E-state index in [0.29, 0.717) is 25.6 Å². The van der Waals surface area contributed by atoms with Crippen LogP contribution in [0.1, 0.15) is 29.5 Å². The maximum atomic E-state index is 12.8. The van der Waals surface area contributed by atoms with E-state index in [4.69, 9.17) is 9.47 Å². The molecule has 27 heavy (non-hydrogen) atoms. The van der Waals surface area contributed by atoms with Crippen LogP contribution in [0.15, 0.2) is 48.5 Å². The van der Waals surface area contributed by atoms with Crippen LogP contribution < -0.4 is 4.74 Å². The Balaban J connectivity index is 1.32. The van der Waals surface area contributed by atoms with Crippen LogP contribution in [0.5, 0.6) is 5.75 Å². The number of hydrogen-bond donors (Lipinski definition) is 0. The zero-order valence-electron chi connectivity index (χ0n) is 15.7. The molecule has 1 saturated heterocycles. The maximum absolute atomic E-state index is 12.8. The summed E-state index contributed by atoms with van der Waals surface area (Å²) in [5.74, 6) is 1.52. The van der Waals surface area contributed by atoms with E-state index in [0.717, 1.165) is 50.3 Å². The van der Waals surface area contributed by atoms with E-state index < -0.39 is 0 Å². The number of amides is 1. The Kier molecular flexibility index (Phi) is 5.73. The molecular formula is C23H27NO3. The van der Waals surface area contributed by atoms with Gasteiger partial charge in [0.1, 0.15) is 5.75 Å². The SMILES string of the molecule is O=C(Cc1ccc2c(c1)COCC2)N1CCCC(COc2ccccc2)C1. The minimum atomic E-state index is 0.219. The molecule has 2 heterocycles. The molecule has 1 amide bonds. The number of para-hydroxylation sites is 1. The van der Waals surface area contributed by atoms with Crippen LogP contribution in [0.3, 0.4) is 0 Å². The molecule has 4 nitrogen and oxygen atoms in total. The van der Waals surface area contributed by atoms with Crippen molar-refractivity contribution < 1.29 is 14.3 Å². The molecule has 0 bridgehead atoms. The van der Waals surface area contributed by atoms with Crippen molar-refractivity contribution in [2.24, 2.45) is 5.92 Å². The van der Waals surface area contributed by atoms with Gasteiger partial charge >= 0.3 is 0 Å². The number of hydrogen-bond acceptors (Lipinski definition) is 3. The first-order valence-electron chi connectivity index (χ1n) is 9.92. The van der Waals surface area contributed by atoms with E-state index >= 15 is 0 Å². The van der Waals surface area contributed by atoms with Crippen molar-refractivity contribution in [3.8, 4) is 5.75 Å². The number of carbonyl (C=O) groups excluding carboxylic acids is 1. The molecule has 0 aromatic heterocycles. The Morgan fingerprint density at radius 3 is 2.93 bits per heavy atom. The van der Waals surface area contributed by atoms with E-state index in [1.165, 1.54) is 11.1 Å². The molecule has 2 aliphatic heterocycles. The monoisotopic (exact) mass is 365 g/mol. The van der Waals surface area contributed by atoms with Gasteiger partial charge < -0.3 is 14.4 Å². The summed E-state index contributed by atoms with van der Waals surface area (Å²) in [5, 5.41) is 0. The first kappa shape index (κ1) is 18.1. The van der Waals surface area contributed by atoms with E-state index in [9.17, 15) is 4.79 Å². The third kappa shape index (κ3) is 4.69. The highest BCUT2D eigenvalue weighted by Crippen LogP contribution is 2.22. The molecular weight excluding hydrogens is 338 g/mol. The van der Waals surface area contributed by atoms with Crippen LogP contribution in [-0.2, 0) is 29.0 Å². The fourth-order valence-electron chi connectivity index (χ4n) is 3.98. The Morgan fingerprint density at radius 2 is 2.04 bits per heavy atom. The lowest BCUT2D eigenvalue weighted by Crippen LogP contribution is -2.42. The van der Waals surface area contributed by atoms with E-state index in [-0.39, 0.29) is 5.91 Å². The second-order valence-electron chi connectivity index (χ2n) is 7.55. The standard InChI is InChI=1S/C23H27NO3/c25-23(14-18-8-9-20-10-12-26-17-21(20)13-18)24-11-4-5-19(15-24)16-27-22-6-2-1-3-7-22/h1-3,6-9,13,19H,4-5,10-12,14-17H2. The number of piperidine rings is 1. The molecule has 4 heteroatoms. The van der Waals surface area contributed by atoms with Crippen molar-refractivity contribution in [3.05, 3.63) is 65.2 Å². The molecule has 2 aromatic carbocycles. The Morgan fingerprint density at radius 1 is 1.15 bits per heavy atom. The number of rotatable bonds is 5. The van der Waals surface area contributed by atoms with Gasteiger partial charge in [-0.2, -0.15) is 0 Å². The molecule has 4 rings (SSSR count). The number of ether oxygens (including phenoxy) is 2. The zero-order chi connectivity index (χ0) is 18.5. The lowest BCUT2D eigenvalue weighted by molar-refractivity contribution is -0.132. The van der Waals surface area contributed by atoms with Crippen molar-refractivity contribution >= 4 is 5.91 Å². The maximum Gasteiger partial charge on any atom is 0.227 e. The van der Waals surface area contributed by atoms with Crippen molar-refractivity contribution in [2.75, 3.05) is 26.3 Å². The summed E-state index contributed by atoms with van der Waals surface area (Å²) in [6.45, 7) is 3.78. The van der Waals surface area contributed by atoms with Crippen LogP contribution in [0, 0.1) is 5.92 Å². The summed E-state index contributed by atoms with van der Waals surface area (Å²) in [7, 11) is 0. The summed E-state index contributed by atoms with van der Waals surface area (Å²) in [5.41, 5.74) is 3.68. The molecule has 0 aliphatic carbocycles. The minimum Gasteiger partial charge on any atom is -0.493 e.